The third-order valence-corrected chi connectivity index (χ3v) is 8.90. The van der Waals surface area contributed by atoms with E-state index >= 15 is 0 Å². The van der Waals surface area contributed by atoms with Gasteiger partial charge in [0, 0.05) is 69.2 Å². The monoisotopic (exact) mass is 702 g/mol. The summed E-state index contributed by atoms with van der Waals surface area (Å²) in [5.74, 6) is 3.13. The lowest BCUT2D eigenvalue weighted by Crippen LogP contribution is -2.10. The first-order chi connectivity index (χ1) is 26.0. The minimum absolute atomic E-state index is 0.564. The summed E-state index contributed by atoms with van der Waals surface area (Å²) in [5, 5.41) is 12.3. The third kappa shape index (κ3) is 7.15. The van der Waals surface area contributed by atoms with Crippen LogP contribution in [0.2, 0.25) is 0 Å². The van der Waals surface area contributed by atoms with E-state index in [1.807, 2.05) is 113 Å². The number of benzene rings is 6. The fourth-order valence-corrected chi connectivity index (χ4v) is 6.80. The number of hydrogen-bond donors (Lipinski definition) is 0. The van der Waals surface area contributed by atoms with Crippen molar-refractivity contribution in [3.8, 4) is 29.2 Å². The Balaban J connectivity index is 1.44. The molecule has 0 N–H and O–H groups in total. The molecule has 0 radical (unpaired) electrons. The van der Waals surface area contributed by atoms with E-state index in [0.717, 1.165) is 78.9 Å². The van der Waals surface area contributed by atoms with Gasteiger partial charge in [0.1, 0.15) is 23.0 Å². The molecule has 0 bridgehead atoms. The van der Waals surface area contributed by atoms with Gasteiger partial charge in [-0.3, -0.25) is 0 Å². The zero-order chi connectivity index (χ0) is 36.7. The van der Waals surface area contributed by atoms with E-state index in [0.29, 0.717) is 26.4 Å². The average molecular weight is 703 g/mol. The maximum absolute atomic E-state index is 10.5. The molecule has 0 saturated carbocycles. The van der Waals surface area contributed by atoms with E-state index in [-0.39, 0.29) is 0 Å². The Labute approximate surface area is 310 Å². The van der Waals surface area contributed by atoms with E-state index in [1.54, 1.807) is 4.57 Å². The lowest BCUT2D eigenvalue weighted by Gasteiger charge is -2.27. The highest BCUT2D eigenvalue weighted by Gasteiger charge is 2.20. The molecule has 6 aromatic carbocycles. The topological polar surface area (TPSA) is 72.1 Å². The fourth-order valence-electron chi connectivity index (χ4n) is 6.80. The van der Waals surface area contributed by atoms with Gasteiger partial charge in [-0.25, -0.2) is 4.57 Å². The van der Waals surface area contributed by atoms with Crippen LogP contribution >= 0.6 is 0 Å². The molecule has 0 atom stereocenters. The Hall–Kier alpha value is -6.59. The molecule has 0 aliphatic rings. The fraction of sp³-hybridized carbons (Fsp3) is 0.178. The predicted molar refractivity (Wildman–Crippen MR) is 214 cm³/mol. The van der Waals surface area contributed by atoms with Gasteiger partial charge in [0.2, 0.25) is 0 Å². The van der Waals surface area contributed by atoms with Gasteiger partial charge < -0.3 is 28.7 Å². The molecule has 0 saturated heterocycles. The number of fused-ring (bicyclic) bond motifs is 3. The van der Waals surface area contributed by atoms with Crippen LogP contribution in [0.1, 0.15) is 27.7 Å². The molecule has 7 aromatic rings. The number of ether oxygens (including phenoxy) is 4. The molecule has 0 aliphatic heterocycles. The van der Waals surface area contributed by atoms with Crippen LogP contribution in [0.3, 0.4) is 0 Å². The van der Waals surface area contributed by atoms with Gasteiger partial charge in [-0.1, -0.05) is 24.3 Å². The zero-order valence-corrected chi connectivity index (χ0v) is 30.5. The van der Waals surface area contributed by atoms with Gasteiger partial charge in [0.15, 0.2) is 6.19 Å². The Bertz CT molecular complexity index is 2150. The minimum Gasteiger partial charge on any atom is -0.494 e. The van der Waals surface area contributed by atoms with Gasteiger partial charge in [-0.15, -0.1) is 0 Å². The second-order valence-electron chi connectivity index (χ2n) is 12.2. The Morgan fingerprint density at radius 3 is 1.02 bits per heavy atom. The Morgan fingerprint density at radius 1 is 0.434 bits per heavy atom. The summed E-state index contributed by atoms with van der Waals surface area (Å²) in [6, 6.07) is 44.8. The van der Waals surface area contributed by atoms with Crippen LogP contribution < -0.4 is 28.7 Å². The number of hydrogen-bond acceptors (Lipinski definition) is 7. The quantitative estimate of drug-likeness (QED) is 0.112. The van der Waals surface area contributed by atoms with E-state index < -0.39 is 0 Å². The van der Waals surface area contributed by atoms with Crippen LogP contribution in [0.5, 0.6) is 23.0 Å². The predicted octanol–water partition coefficient (Wildman–Crippen LogP) is 11.7. The molecular formula is C45H42N4O4. The molecule has 8 heteroatoms. The Kier molecular flexibility index (Phi) is 10.4. The third-order valence-electron chi connectivity index (χ3n) is 8.90. The van der Waals surface area contributed by atoms with E-state index in [4.69, 9.17) is 18.9 Å². The van der Waals surface area contributed by atoms with Gasteiger partial charge in [0.25, 0.3) is 0 Å². The second kappa shape index (κ2) is 15.7. The minimum atomic E-state index is 0.564. The van der Waals surface area contributed by atoms with Crippen molar-refractivity contribution in [2.24, 2.45) is 0 Å². The molecule has 8 nitrogen and oxygen atoms in total. The molecule has 0 fully saturated rings. The average Bonchev–Trinajstić information content (AvgIpc) is 3.49. The summed E-state index contributed by atoms with van der Waals surface area (Å²) >= 11 is 0. The first kappa shape index (κ1) is 34.8. The molecule has 266 valence electrons. The van der Waals surface area contributed by atoms with Crippen molar-refractivity contribution < 1.29 is 18.9 Å². The van der Waals surface area contributed by atoms with Crippen molar-refractivity contribution in [1.82, 2.24) is 4.57 Å². The van der Waals surface area contributed by atoms with Gasteiger partial charge in [-0.05, 0) is 113 Å². The van der Waals surface area contributed by atoms with Crippen molar-refractivity contribution in [3.63, 3.8) is 0 Å². The molecule has 1 heterocycles. The number of anilines is 6. The molecular weight excluding hydrogens is 661 g/mol. The summed E-state index contributed by atoms with van der Waals surface area (Å²) in [5.41, 5.74) is 7.22. The lowest BCUT2D eigenvalue weighted by molar-refractivity contribution is 0.340. The summed E-state index contributed by atoms with van der Waals surface area (Å²) < 4.78 is 25.4. The van der Waals surface area contributed by atoms with Crippen LogP contribution in [0, 0.1) is 11.5 Å². The highest BCUT2D eigenvalue weighted by atomic mass is 16.5. The molecule has 0 spiro atoms. The lowest BCUT2D eigenvalue weighted by atomic mass is 10.1. The smallest absolute Gasteiger partial charge is 0.189 e. The first-order valence-electron chi connectivity index (χ1n) is 18.0. The number of aromatic nitrogens is 1. The van der Waals surface area contributed by atoms with Crippen molar-refractivity contribution >= 4 is 55.9 Å². The molecule has 53 heavy (non-hydrogen) atoms. The molecule has 0 aliphatic carbocycles. The largest absolute Gasteiger partial charge is 0.494 e. The van der Waals surface area contributed by atoms with E-state index in [9.17, 15) is 5.26 Å². The number of nitrogens with zero attached hydrogens (tertiary/aromatic N) is 4. The van der Waals surface area contributed by atoms with Crippen molar-refractivity contribution in [2.75, 3.05) is 36.2 Å². The van der Waals surface area contributed by atoms with Crippen LogP contribution in [-0.4, -0.2) is 31.0 Å². The van der Waals surface area contributed by atoms with E-state index in [2.05, 4.69) is 64.5 Å². The highest BCUT2D eigenvalue weighted by molar-refractivity contribution is 6.11. The number of nitriles is 1. The standard InChI is InChI=1S/C45H42N4O4/c1-5-50-38-17-9-13-32(25-38)48(33-14-10-18-39(26-33)51-6-2)36-21-23-44-42(29-36)43-30-37(22-24-45(43)47(44)31-46)49(34-15-11-19-40(27-34)52-7-3)35-16-12-20-41(28-35)53-8-4/h9-30H,5-8H2,1-4H3. The van der Waals surface area contributed by atoms with Crippen LogP contribution in [-0.2, 0) is 0 Å². The maximum Gasteiger partial charge on any atom is 0.189 e. The van der Waals surface area contributed by atoms with Crippen molar-refractivity contribution in [1.29, 1.82) is 5.26 Å². The molecule has 0 amide bonds. The summed E-state index contributed by atoms with van der Waals surface area (Å²) in [4.78, 5) is 4.38. The van der Waals surface area contributed by atoms with Crippen LogP contribution in [0.15, 0.2) is 133 Å². The molecule has 7 rings (SSSR count). The van der Waals surface area contributed by atoms with Crippen LogP contribution in [0.4, 0.5) is 34.1 Å². The molecule has 0 unspecified atom stereocenters. The first-order valence-corrected chi connectivity index (χ1v) is 18.0. The van der Waals surface area contributed by atoms with Gasteiger partial charge in [-0.2, -0.15) is 5.26 Å². The highest BCUT2D eigenvalue weighted by Crippen LogP contribution is 2.43. The summed E-state index contributed by atoms with van der Waals surface area (Å²) in [6.45, 7) is 10.2. The van der Waals surface area contributed by atoms with Crippen molar-refractivity contribution in [2.45, 2.75) is 27.7 Å². The Morgan fingerprint density at radius 2 is 0.736 bits per heavy atom. The second-order valence-corrected chi connectivity index (χ2v) is 12.2. The zero-order valence-electron chi connectivity index (χ0n) is 30.5. The van der Waals surface area contributed by atoms with E-state index in [1.165, 1.54) is 0 Å². The van der Waals surface area contributed by atoms with Crippen LogP contribution in [0.25, 0.3) is 21.8 Å². The molecule has 1 aromatic heterocycles. The van der Waals surface area contributed by atoms with Gasteiger partial charge in [0.05, 0.1) is 37.5 Å². The maximum atomic E-state index is 10.5. The van der Waals surface area contributed by atoms with Gasteiger partial charge >= 0.3 is 0 Å². The summed E-state index contributed by atoms with van der Waals surface area (Å²) in [6.07, 6.45) is 2.43. The summed E-state index contributed by atoms with van der Waals surface area (Å²) in [7, 11) is 0. The normalized spacial score (nSPS) is 10.9. The SMILES string of the molecule is CCOc1cccc(N(c2cccc(OCC)c2)c2ccc3c(c2)c2cc(N(c4cccc(OCC)c4)c4cccc(OCC)c4)ccc2n3C#N)c1. The van der Waals surface area contributed by atoms with Crippen molar-refractivity contribution in [3.05, 3.63) is 133 Å². The number of rotatable bonds is 14.